The molecule has 184 valence electrons. The van der Waals surface area contributed by atoms with E-state index in [2.05, 4.69) is 5.32 Å². The standard InChI is InChI=1S/C25H21B6N3O5/c26-18-16(22(30)33-6-8-38-9-7-33)19(27)21(29)17(20(18)28)23(31)39-14-3-1-2-11-12(14)10-34(25(11)37)13-4-5-15(35)32-24(13)36/h1-3,13,22-23H,4-10H2,(H,32,35,36). The van der Waals surface area contributed by atoms with Gasteiger partial charge in [-0.3, -0.25) is 19.7 Å². The maximum atomic E-state index is 13.1. The molecule has 39 heavy (non-hydrogen) atoms. The summed E-state index contributed by atoms with van der Waals surface area (Å²) in [5, 5.41) is 2.29. The van der Waals surface area contributed by atoms with E-state index in [1.54, 1.807) is 18.2 Å². The molecule has 14 heteroatoms. The van der Waals surface area contributed by atoms with Gasteiger partial charge >= 0.3 is 0 Å². The maximum Gasteiger partial charge on any atom is 0.255 e. The van der Waals surface area contributed by atoms with Crippen molar-refractivity contribution in [1.29, 1.82) is 0 Å². The second-order valence-corrected chi connectivity index (χ2v) is 9.80. The van der Waals surface area contributed by atoms with Gasteiger partial charge < -0.3 is 19.3 Å². The molecule has 3 heterocycles. The summed E-state index contributed by atoms with van der Waals surface area (Å²) >= 11 is 0. The Hall–Kier alpha value is -2.84. The number of carbonyl (C=O) groups is 3. The van der Waals surface area contributed by atoms with E-state index in [1.807, 2.05) is 4.90 Å². The molecule has 2 fully saturated rings. The van der Waals surface area contributed by atoms with Crippen molar-refractivity contribution in [2.75, 3.05) is 26.3 Å². The summed E-state index contributed by atoms with van der Waals surface area (Å²) in [5.41, 5.74) is 2.05. The molecule has 2 aromatic rings. The zero-order valence-electron chi connectivity index (χ0n) is 21.3. The number of rotatable bonds is 6. The quantitative estimate of drug-likeness (QED) is 0.320. The minimum absolute atomic E-state index is 0.0988. The average molecular weight is 508 g/mol. The Kier molecular flexibility index (Phi) is 7.79. The summed E-state index contributed by atoms with van der Waals surface area (Å²) in [6, 6.07) is 2.99. The van der Waals surface area contributed by atoms with Crippen molar-refractivity contribution < 1.29 is 23.9 Å². The number of morpholine rings is 1. The molecule has 0 aliphatic carbocycles. The van der Waals surface area contributed by atoms with Crippen LogP contribution in [0.5, 0.6) is 5.75 Å². The van der Waals surface area contributed by atoms with E-state index in [-0.39, 0.29) is 58.6 Å². The van der Waals surface area contributed by atoms with Gasteiger partial charge in [0.05, 0.1) is 33.6 Å². The summed E-state index contributed by atoms with van der Waals surface area (Å²) in [7, 11) is 38.5. The summed E-state index contributed by atoms with van der Waals surface area (Å²) in [5.74, 6) is -1.54. The third-order valence-electron chi connectivity index (χ3n) is 7.55. The van der Waals surface area contributed by atoms with Crippen molar-refractivity contribution in [1.82, 2.24) is 15.1 Å². The molecular weight excluding hydrogens is 487 g/mol. The molecule has 3 amide bonds. The van der Waals surface area contributed by atoms with Gasteiger partial charge in [-0.2, -0.15) is 0 Å². The van der Waals surface area contributed by atoms with Gasteiger partial charge in [0.15, 0.2) is 0 Å². The highest BCUT2D eigenvalue weighted by Crippen LogP contribution is 2.35. The van der Waals surface area contributed by atoms with E-state index in [4.69, 9.17) is 56.6 Å². The summed E-state index contributed by atoms with van der Waals surface area (Å²) in [4.78, 5) is 40.5. The molecule has 2 saturated heterocycles. The zero-order chi connectivity index (χ0) is 28.0. The number of ether oxygens (including phenoxy) is 2. The zero-order valence-corrected chi connectivity index (χ0v) is 21.3. The van der Waals surface area contributed by atoms with Crippen LogP contribution >= 0.6 is 0 Å². The van der Waals surface area contributed by atoms with Gasteiger partial charge in [-0.25, -0.2) is 0 Å². The molecule has 3 unspecified atom stereocenters. The van der Waals surface area contributed by atoms with Crippen LogP contribution in [0.2, 0.25) is 0 Å². The third-order valence-corrected chi connectivity index (χ3v) is 7.55. The van der Waals surface area contributed by atoms with Gasteiger partial charge in [-0.05, 0) is 30.1 Å². The number of amides is 3. The first-order valence-electron chi connectivity index (χ1n) is 12.6. The monoisotopic (exact) mass is 509 g/mol. The van der Waals surface area contributed by atoms with Gasteiger partial charge in [0.25, 0.3) is 5.91 Å². The molecule has 2 aromatic carbocycles. The van der Waals surface area contributed by atoms with Gasteiger partial charge in [0, 0.05) is 30.6 Å². The fraction of sp³-hybridized carbons (Fsp3) is 0.400. The normalized spacial score (nSPS) is 21.4. The maximum absolute atomic E-state index is 13.1. The topological polar surface area (TPSA) is 88.2 Å². The Morgan fingerprint density at radius 3 is 2.23 bits per heavy atom. The van der Waals surface area contributed by atoms with Crippen LogP contribution in [0.4, 0.5) is 0 Å². The third kappa shape index (κ3) is 4.97. The first kappa shape index (κ1) is 27.7. The fourth-order valence-corrected chi connectivity index (χ4v) is 5.40. The Morgan fingerprint density at radius 1 is 0.949 bits per heavy atom. The molecule has 0 aromatic heterocycles. The second-order valence-electron chi connectivity index (χ2n) is 9.80. The van der Waals surface area contributed by atoms with Crippen LogP contribution in [0, 0.1) is 0 Å². The molecule has 3 aliphatic rings. The predicted octanol–water partition coefficient (Wildman–Crippen LogP) is -3.63. The molecule has 5 rings (SSSR count). The van der Waals surface area contributed by atoms with E-state index < -0.39 is 23.9 Å². The highest BCUT2D eigenvalue weighted by atomic mass is 16.5. The van der Waals surface area contributed by atoms with Crippen LogP contribution in [0.1, 0.15) is 51.8 Å². The van der Waals surface area contributed by atoms with Crippen LogP contribution in [-0.2, 0) is 20.9 Å². The molecule has 12 radical (unpaired) electrons. The van der Waals surface area contributed by atoms with Crippen molar-refractivity contribution in [3.63, 3.8) is 0 Å². The Morgan fingerprint density at radius 2 is 1.59 bits per heavy atom. The van der Waals surface area contributed by atoms with Gasteiger partial charge in [0.1, 0.15) is 51.0 Å². The Bertz CT molecular complexity index is 1320. The van der Waals surface area contributed by atoms with Crippen LogP contribution < -0.4 is 31.9 Å². The Balaban J connectivity index is 1.41. The molecule has 3 aliphatic heterocycles. The molecule has 0 spiro atoms. The van der Waals surface area contributed by atoms with Crippen LogP contribution in [0.3, 0.4) is 0 Å². The number of imide groups is 1. The molecular formula is C25H21B6N3O5. The van der Waals surface area contributed by atoms with Crippen molar-refractivity contribution >= 4 is 86.7 Å². The number of carbonyl (C=O) groups excluding carboxylic acids is 3. The highest BCUT2D eigenvalue weighted by molar-refractivity contribution is 6.58. The number of piperidine rings is 1. The summed E-state index contributed by atoms with van der Waals surface area (Å²) < 4.78 is 11.5. The fourth-order valence-electron chi connectivity index (χ4n) is 5.40. The van der Waals surface area contributed by atoms with E-state index in [9.17, 15) is 14.4 Å². The molecule has 8 nitrogen and oxygen atoms in total. The van der Waals surface area contributed by atoms with Crippen molar-refractivity contribution in [2.24, 2.45) is 0 Å². The largest absolute Gasteiger partial charge is 0.496 e. The van der Waals surface area contributed by atoms with E-state index >= 15 is 0 Å². The smallest absolute Gasteiger partial charge is 0.255 e. The molecule has 1 N–H and O–H groups in total. The van der Waals surface area contributed by atoms with E-state index in [1.165, 1.54) is 4.90 Å². The lowest BCUT2D eigenvalue weighted by atomic mass is 9.59. The van der Waals surface area contributed by atoms with Crippen LogP contribution in [0.15, 0.2) is 18.2 Å². The van der Waals surface area contributed by atoms with E-state index in [0.717, 1.165) is 0 Å². The lowest BCUT2D eigenvalue weighted by Gasteiger charge is -2.37. The lowest BCUT2D eigenvalue weighted by molar-refractivity contribution is -0.136. The number of fused-ring (bicyclic) bond motifs is 1. The predicted molar refractivity (Wildman–Crippen MR) is 150 cm³/mol. The van der Waals surface area contributed by atoms with Gasteiger partial charge in [0.2, 0.25) is 11.8 Å². The summed E-state index contributed by atoms with van der Waals surface area (Å²) in [6.07, 6.45) is 0.391. The number of hydrogen-bond acceptors (Lipinski definition) is 6. The van der Waals surface area contributed by atoms with Crippen molar-refractivity contribution in [3.8, 4) is 5.75 Å². The molecule has 0 saturated carbocycles. The first-order chi connectivity index (χ1) is 18.6. The summed E-state index contributed by atoms with van der Waals surface area (Å²) in [6.45, 7) is 2.35. The van der Waals surface area contributed by atoms with Crippen LogP contribution in [0.25, 0.3) is 0 Å². The van der Waals surface area contributed by atoms with Gasteiger partial charge in [-0.1, -0.05) is 33.5 Å². The lowest BCUT2D eigenvalue weighted by Crippen LogP contribution is -2.52. The number of nitrogens with zero attached hydrogens (tertiary/aromatic N) is 2. The first-order valence-corrected chi connectivity index (χ1v) is 12.6. The highest BCUT2D eigenvalue weighted by Gasteiger charge is 2.40. The number of nitrogens with one attached hydrogen (secondary N) is 1. The molecule has 3 atom stereocenters. The van der Waals surface area contributed by atoms with Crippen molar-refractivity contribution in [2.45, 2.75) is 37.4 Å². The van der Waals surface area contributed by atoms with Gasteiger partial charge in [-0.15, -0.1) is 0 Å². The van der Waals surface area contributed by atoms with Crippen molar-refractivity contribution in [3.05, 3.63) is 40.5 Å². The van der Waals surface area contributed by atoms with Crippen LogP contribution in [-0.4, -0.2) is 107 Å². The van der Waals surface area contributed by atoms with E-state index in [0.29, 0.717) is 48.7 Å². The molecule has 0 bridgehead atoms. The Labute approximate surface area is 235 Å². The SMILES string of the molecule is [B]c1c([B])c(C([B])N2CCOCC2)c([B])c([B])c1C([B])Oc1cccc2c1CN(C1CCC(=O)NC1=O)C2=O. The number of hydrogen-bond donors (Lipinski definition) is 1. The minimum atomic E-state index is -1.19. The number of benzene rings is 2. The average Bonchev–Trinajstić information content (AvgIpc) is 3.25. The minimum Gasteiger partial charge on any atom is -0.496 e. The second kappa shape index (κ2) is 11.0.